The first-order chi connectivity index (χ1) is 7.36. The lowest BCUT2D eigenvalue weighted by Gasteiger charge is -2.21. The van der Waals surface area contributed by atoms with Gasteiger partial charge in [-0.25, -0.2) is 0 Å². The lowest BCUT2D eigenvalue weighted by molar-refractivity contribution is -0.126. The third kappa shape index (κ3) is 3.95. The molecule has 0 aromatic heterocycles. The van der Waals surface area contributed by atoms with Gasteiger partial charge in [-0.1, -0.05) is 19.3 Å². The molecule has 2 fully saturated rings. The van der Waals surface area contributed by atoms with Gasteiger partial charge in [-0.05, 0) is 32.2 Å². The molecule has 1 saturated heterocycles. The van der Waals surface area contributed by atoms with Crippen LogP contribution in [0.3, 0.4) is 0 Å². The third-order valence-corrected chi connectivity index (χ3v) is 3.66. The van der Waals surface area contributed by atoms with Gasteiger partial charge in [-0.2, -0.15) is 0 Å². The molecule has 3 nitrogen and oxygen atoms in total. The van der Waals surface area contributed by atoms with Gasteiger partial charge in [0.25, 0.3) is 0 Å². The van der Waals surface area contributed by atoms with E-state index in [-0.39, 0.29) is 12.4 Å². The van der Waals surface area contributed by atoms with Gasteiger partial charge in [0, 0.05) is 18.5 Å². The van der Waals surface area contributed by atoms with E-state index in [1.54, 1.807) is 0 Å². The summed E-state index contributed by atoms with van der Waals surface area (Å²) in [5.41, 5.74) is 0. The van der Waals surface area contributed by atoms with Crippen molar-refractivity contribution in [3.63, 3.8) is 0 Å². The molecular formula is C12H23ClN2O. The molecule has 1 aliphatic carbocycles. The van der Waals surface area contributed by atoms with Gasteiger partial charge in [0.2, 0.25) is 5.91 Å². The zero-order valence-corrected chi connectivity index (χ0v) is 10.7. The molecular weight excluding hydrogens is 224 g/mol. The van der Waals surface area contributed by atoms with Crippen LogP contribution in [0.5, 0.6) is 0 Å². The molecule has 2 aliphatic rings. The van der Waals surface area contributed by atoms with E-state index in [1.807, 2.05) is 0 Å². The molecule has 0 spiro atoms. The lowest BCUT2D eigenvalue weighted by Crippen LogP contribution is -2.40. The molecule has 16 heavy (non-hydrogen) atoms. The van der Waals surface area contributed by atoms with Gasteiger partial charge in [0.05, 0.1) is 0 Å². The van der Waals surface area contributed by atoms with Crippen LogP contribution in [0.25, 0.3) is 0 Å². The average molecular weight is 247 g/mol. The van der Waals surface area contributed by atoms with Crippen LogP contribution in [0.1, 0.15) is 44.9 Å². The van der Waals surface area contributed by atoms with Crippen LogP contribution in [0.15, 0.2) is 0 Å². The number of rotatable bonds is 3. The van der Waals surface area contributed by atoms with Crippen LogP contribution in [-0.2, 0) is 4.79 Å². The molecule has 1 atom stereocenters. The minimum absolute atomic E-state index is 0. The molecule has 94 valence electrons. The van der Waals surface area contributed by atoms with Gasteiger partial charge in [-0.15, -0.1) is 12.4 Å². The Bertz CT molecular complexity index is 211. The van der Waals surface area contributed by atoms with Gasteiger partial charge < -0.3 is 10.6 Å². The van der Waals surface area contributed by atoms with Crippen molar-refractivity contribution in [2.45, 2.75) is 51.0 Å². The summed E-state index contributed by atoms with van der Waals surface area (Å²) in [6.07, 6.45) is 8.45. The van der Waals surface area contributed by atoms with Crippen molar-refractivity contribution in [3.05, 3.63) is 0 Å². The van der Waals surface area contributed by atoms with Gasteiger partial charge in [0.1, 0.15) is 0 Å². The minimum atomic E-state index is 0. The molecule has 0 radical (unpaired) electrons. The highest BCUT2D eigenvalue weighted by Crippen LogP contribution is 2.23. The van der Waals surface area contributed by atoms with Crippen molar-refractivity contribution < 1.29 is 4.79 Å². The first kappa shape index (κ1) is 13.8. The number of carbonyl (C=O) groups excluding carboxylic acids is 1. The summed E-state index contributed by atoms with van der Waals surface area (Å²) >= 11 is 0. The summed E-state index contributed by atoms with van der Waals surface area (Å²) in [6, 6.07) is 0.526. The fourth-order valence-corrected chi connectivity index (χ4v) is 2.66. The predicted octanol–water partition coefficient (Wildman–Crippen LogP) is 1.86. The molecule has 0 aromatic rings. The molecule has 4 heteroatoms. The van der Waals surface area contributed by atoms with E-state index in [9.17, 15) is 4.79 Å². The normalized spacial score (nSPS) is 26.1. The van der Waals surface area contributed by atoms with E-state index in [1.165, 1.54) is 32.1 Å². The average Bonchev–Trinajstić information content (AvgIpc) is 2.80. The molecule has 0 aromatic carbocycles. The molecule has 1 amide bonds. The van der Waals surface area contributed by atoms with Crippen molar-refractivity contribution >= 4 is 18.3 Å². The van der Waals surface area contributed by atoms with Crippen LogP contribution in [0.4, 0.5) is 0 Å². The summed E-state index contributed by atoms with van der Waals surface area (Å²) in [6.45, 7) is 1.94. The van der Waals surface area contributed by atoms with Crippen LogP contribution < -0.4 is 10.6 Å². The van der Waals surface area contributed by atoms with Crippen LogP contribution in [-0.4, -0.2) is 25.0 Å². The predicted molar refractivity (Wildman–Crippen MR) is 67.9 cm³/mol. The van der Waals surface area contributed by atoms with Crippen molar-refractivity contribution in [1.82, 2.24) is 10.6 Å². The Balaban J connectivity index is 0.00000128. The van der Waals surface area contributed by atoms with E-state index in [2.05, 4.69) is 10.6 Å². The number of hydrogen-bond acceptors (Lipinski definition) is 2. The number of nitrogens with one attached hydrogen (secondary N) is 2. The molecule has 0 bridgehead atoms. The molecule has 2 N–H and O–H groups in total. The molecule has 1 saturated carbocycles. The van der Waals surface area contributed by atoms with Crippen LogP contribution in [0, 0.1) is 5.92 Å². The Morgan fingerprint density at radius 1 is 1.12 bits per heavy atom. The number of halogens is 1. The van der Waals surface area contributed by atoms with Crippen molar-refractivity contribution in [1.29, 1.82) is 0 Å². The second kappa shape index (κ2) is 7.13. The minimum Gasteiger partial charge on any atom is -0.354 e. The maximum Gasteiger partial charge on any atom is 0.223 e. The Morgan fingerprint density at radius 2 is 1.88 bits per heavy atom. The molecule has 1 unspecified atom stereocenters. The van der Waals surface area contributed by atoms with Crippen molar-refractivity contribution in [2.24, 2.45) is 5.92 Å². The number of amides is 1. The summed E-state index contributed by atoms with van der Waals surface area (Å²) < 4.78 is 0. The highest BCUT2D eigenvalue weighted by Gasteiger charge is 2.22. The fourth-order valence-electron chi connectivity index (χ4n) is 2.66. The van der Waals surface area contributed by atoms with Crippen molar-refractivity contribution in [2.75, 3.05) is 13.1 Å². The summed E-state index contributed by atoms with van der Waals surface area (Å²) in [4.78, 5) is 11.8. The fraction of sp³-hybridized carbons (Fsp3) is 0.917. The topological polar surface area (TPSA) is 41.1 Å². The zero-order chi connectivity index (χ0) is 10.5. The first-order valence-electron chi connectivity index (χ1n) is 6.37. The Morgan fingerprint density at radius 3 is 2.50 bits per heavy atom. The van der Waals surface area contributed by atoms with E-state index < -0.39 is 0 Å². The summed E-state index contributed by atoms with van der Waals surface area (Å²) in [7, 11) is 0. The third-order valence-electron chi connectivity index (χ3n) is 3.66. The Hall–Kier alpha value is -0.280. The highest BCUT2D eigenvalue weighted by molar-refractivity contribution is 5.85. The quantitative estimate of drug-likeness (QED) is 0.798. The number of carbonyl (C=O) groups is 1. The maximum atomic E-state index is 11.8. The summed E-state index contributed by atoms with van der Waals surface area (Å²) in [5, 5.41) is 6.49. The zero-order valence-electron chi connectivity index (χ0n) is 9.84. The monoisotopic (exact) mass is 246 g/mol. The lowest BCUT2D eigenvalue weighted by atomic mass is 9.88. The maximum absolute atomic E-state index is 11.8. The van der Waals surface area contributed by atoms with Crippen LogP contribution >= 0.6 is 12.4 Å². The smallest absolute Gasteiger partial charge is 0.223 e. The second-order valence-corrected chi connectivity index (χ2v) is 4.87. The van der Waals surface area contributed by atoms with E-state index in [0.29, 0.717) is 17.9 Å². The molecule has 1 aliphatic heterocycles. The van der Waals surface area contributed by atoms with E-state index in [0.717, 1.165) is 25.9 Å². The Kier molecular flexibility index (Phi) is 6.14. The van der Waals surface area contributed by atoms with Crippen LogP contribution in [0.2, 0.25) is 0 Å². The van der Waals surface area contributed by atoms with Crippen molar-refractivity contribution in [3.8, 4) is 0 Å². The van der Waals surface area contributed by atoms with Gasteiger partial charge in [-0.3, -0.25) is 4.79 Å². The van der Waals surface area contributed by atoms with Gasteiger partial charge in [0.15, 0.2) is 0 Å². The van der Waals surface area contributed by atoms with E-state index in [4.69, 9.17) is 0 Å². The molecule has 1 heterocycles. The number of hydrogen-bond donors (Lipinski definition) is 2. The molecule has 2 rings (SSSR count). The van der Waals surface area contributed by atoms with Gasteiger partial charge >= 0.3 is 0 Å². The van der Waals surface area contributed by atoms with E-state index >= 15 is 0 Å². The largest absolute Gasteiger partial charge is 0.354 e. The summed E-state index contributed by atoms with van der Waals surface area (Å²) in [5.74, 6) is 0.601. The second-order valence-electron chi connectivity index (χ2n) is 4.87. The Labute approximate surface area is 104 Å². The SMILES string of the molecule is Cl.O=C(NCC1CCCN1)C1CCCCC1. The highest BCUT2D eigenvalue weighted by atomic mass is 35.5. The standard InChI is InChI=1S/C12H22N2O.ClH/c15-12(10-5-2-1-3-6-10)14-9-11-7-4-8-13-11;/h10-11,13H,1-9H2,(H,14,15);1H. The first-order valence-corrected chi connectivity index (χ1v) is 6.37.